The Morgan fingerprint density at radius 3 is 2.40 bits per heavy atom. The van der Waals surface area contributed by atoms with Crippen molar-refractivity contribution in [1.29, 1.82) is 0 Å². The summed E-state index contributed by atoms with van der Waals surface area (Å²) < 4.78 is 47.3. The molecule has 0 radical (unpaired) electrons. The van der Waals surface area contributed by atoms with Gasteiger partial charge < -0.3 is 14.6 Å². The fraction of sp³-hybridized carbons (Fsp3) is 0.385. The number of carbonyl (C=O) groups excluding carboxylic acids is 2. The molecule has 0 unspecified atom stereocenters. The van der Waals surface area contributed by atoms with Crippen molar-refractivity contribution in [2.24, 2.45) is 11.8 Å². The van der Waals surface area contributed by atoms with E-state index >= 15 is 0 Å². The van der Waals surface area contributed by atoms with Gasteiger partial charge in [-0.1, -0.05) is 23.7 Å². The first-order valence-electron chi connectivity index (χ1n) is 11.5. The molecule has 1 aliphatic carbocycles. The smallest absolute Gasteiger partial charge is 0.416 e. The molecular formula is C26H26ClF3N2O3. The van der Waals surface area contributed by atoms with E-state index in [0.29, 0.717) is 41.9 Å². The maximum atomic E-state index is 13.6. The third kappa shape index (κ3) is 5.81. The number of hydrogen-bond acceptors (Lipinski definition) is 3. The number of benzene rings is 2. The summed E-state index contributed by atoms with van der Waals surface area (Å²) in [6, 6.07) is 10.7. The maximum Gasteiger partial charge on any atom is 0.416 e. The Morgan fingerprint density at radius 2 is 1.77 bits per heavy atom. The Hall–Kier alpha value is -3.00. The van der Waals surface area contributed by atoms with Crippen LogP contribution in [0.15, 0.2) is 48.7 Å². The van der Waals surface area contributed by atoms with Gasteiger partial charge in [-0.15, -0.1) is 0 Å². The third-order valence-corrected chi connectivity index (χ3v) is 6.88. The highest BCUT2D eigenvalue weighted by Gasteiger charge is 2.33. The number of nitrogens with one attached hydrogen (secondary N) is 1. The molecule has 0 saturated heterocycles. The molecule has 1 N–H and O–H groups in total. The lowest BCUT2D eigenvalue weighted by atomic mass is 9.82. The summed E-state index contributed by atoms with van der Waals surface area (Å²) in [4.78, 5) is 24.9. The van der Waals surface area contributed by atoms with Crippen LogP contribution in [0, 0.1) is 11.8 Å². The fourth-order valence-corrected chi connectivity index (χ4v) is 4.83. The van der Waals surface area contributed by atoms with Crippen LogP contribution in [0.5, 0.6) is 0 Å². The SMILES string of the molecule is COC(=O)[C@H]1CC[C@H](CNC(=O)c2cc(C(F)(F)F)cc3ccn(Cc4ccc(Cl)cc4)c23)CC1. The van der Waals surface area contributed by atoms with Gasteiger partial charge in [0, 0.05) is 29.7 Å². The first-order valence-corrected chi connectivity index (χ1v) is 11.8. The van der Waals surface area contributed by atoms with E-state index in [1.165, 1.54) is 7.11 Å². The molecule has 5 nitrogen and oxygen atoms in total. The van der Waals surface area contributed by atoms with Gasteiger partial charge in [-0.25, -0.2) is 0 Å². The number of alkyl halides is 3. The predicted molar refractivity (Wildman–Crippen MR) is 127 cm³/mol. The number of fused-ring (bicyclic) bond motifs is 1. The molecule has 1 aliphatic rings. The molecule has 1 heterocycles. The summed E-state index contributed by atoms with van der Waals surface area (Å²) in [7, 11) is 1.37. The average molecular weight is 507 g/mol. The number of esters is 1. The second-order valence-corrected chi connectivity index (χ2v) is 9.42. The van der Waals surface area contributed by atoms with Gasteiger partial charge in [0.1, 0.15) is 0 Å². The largest absolute Gasteiger partial charge is 0.469 e. The van der Waals surface area contributed by atoms with E-state index in [2.05, 4.69) is 5.32 Å². The van der Waals surface area contributed by atoms with E-state index < -0.39 is 17.6 Å². The van der Waals surface area contributed by atoms with Crippen LogP contribution < -0.4 is 5.32 Å². The predicted octanol–water partition coefficient (Wildman–Crippen LogP) is 6.07. The van der Waals surface area contributed by atoms with Gasteiger partial charge in [0.15, 0.2) is 0 Å². The second kappa shape index (κ2) is 10.3. The molecule has 0 bridgehead atoms. The zero-order valence-electron chi connectivity index (χ0n) is 19.2. The summed E-state index contributed by atoms with van der Waals surface area (Å²) in [6.07, 6.45) is -0.0655. The summed E-state index contributed by atoms with van der Waals surface area (Å²) in [5.74, 6) is -0.749. The summed E-state index contributed by atoms with van der Waals surface area (Å²) >= 11 is 5.96. The minimum atomic E-state index is -4.58. The fourth-order valence-electron chi connectivity index (χ4n) is 4.71. The zero-order chi connectivity index (χ0) is 25.2. The van der Waals surface area contributed by atoms with Gasteiger partial charge in [0.25, 0.3) is 5.91 Å². The Kier molecular flexibility index (Phi) is 7.40. The quantitative estimate of drug-likeness (QED) is 0.413. The van der Waals surface area contributed by atoms with Crippen molar-refractivity contribution >= 4 is 34.4 Å². The van der Waals surface area contributed by atoms with Gasteiger partial charge in [-0.05, 0) is 67.5 Å². The molecule has 2 aromatic carbocycles. The van der Waals surface area contributed by atoms with Crippen molar-refractivity contribution in [3.05, 3.63) is 70.4 Å². The van der Waals surface area contributed by atoms with E-state index in [0.717, 1.165) is 30.5 Å². The van der Waals surface area contributed by atoms with Gasteiger partial charge in [-0.3, -0.25) is 9.59 Å². The van der Waals surface area contributed by atoms with Gasteiger partial charge >= 0.3 is 12.1 Å². The van der Waals surface area contributed by atoms with Crippen molar-refractivity contribution in [3.8, 4) is 0 Å². The first kappa shape index (κ1) is 25.1. The summed E-state index contributed by atoms with van der Waals surface area (Å²) in [6.45, 7) is 0.714. The molecule has 0 atom stereocenters. The maximum absolute atomic E-state index is 13.6. The van der Waals surface area contributed by atoms with E-state index in [1.54, 1.807) is 29.0 Å². The number of aromatic nitrogens is 1. The van der Waals surface area contributed by atoms with Crippen LogP contribution in [0.25, 0.3) is 10.9 Å². The Bertz CT molecular complexity index is 1210. The van der Waals surface area contributed by atoms with Crippen LogP contribution in [0.1, 0.15) is 47.2 Å². The molecule has 0 aliphatic heterocycles. The highest BCUT2D eigenvalue weighted by Crippen LogP contribution is 2.34. The standard InChI is InChI=1S/C26H26ClF3N2O3/c1-35-25(34)18-6-2-16(3-7-18)14-31-24(33)22-13-20(26(28,29)30)12-19-10-11-32(23(19)22)15-17-4-8-21(27)9-5-17/h4-5,8-13,16,18H,2-3,6-7,14-15H2,1H3,(H,31,33)/t16-,18-. The number of hydrogen-bond donors (Lipinski definition) is 1. The lowest BCUT2D eigenvalue weighted by Crippen LogP contribution is -2.33. The molecule has 0 spiro atoms. The second-order valence-electron chi connectivity index (χ2n) is 8.98. The normalized spacial score (nSPS) is 18.4. The van der Waals surface area contributed by atoms with Gasteiger partial charge in [0.2, 0.25) is 0 Å². The molecule has 35 heavy (non-hydrogen) atoms. The van der Waals surface area contributed by atoms with Crippen LogP contribution in [-0.4, -0.2) is 30.1 Å². The molecule has 1 fully saturated rings. The highest BCUT2D eigenvalue weighted by molar-refractivity contribution is 6.30. The van der Waals surface area contributed by atoms with Crippen molar-refractivity contribution in [2.75, 3.05) is 13.7 Å². The van der Waals surface area contributed by atoms with Crippen molar-refractivity contribution < 1.29 is 27.5 Å². The van der Waals surface area contributed by atoms with E-state index in [9.17, 15) is 22.8 Å². The molecule has 186 valence electrons. The lowest BCUT2D eigenvalue weighted by molar-refractivity contribution is -0.146. The van der Waals surface area contributed by atoms with Crippen molar-refractivity contribution in [1.82, 2.24) is 9.88 Å². The van der Waals surface area contributed by atoms with E-state index in [-0.39, 0.29) is 23.4 Å². The average Bonchev–Trinajstić information content (AvgIpc) is 3.25. The van der Waals surface area contributed by atoms with Gasteiger partial charge in [-0.2, -0.15) is 13.2 Å². The Labute approximate surface area is 206 Å². The lowest BCUT2D eigenvalue weighted by Gasteiger charge is -2.27. The molecule has 1 saturated carbocycles. The molecule has 1 amide bonds. The first-order chi connectivity index (χ1) is 16.7. The van der Waals surface area contributed by atoms with E-state index in [4.69, 9.17) is 16.3 Å². The number of amides is 1. The molecule has 3 aromatic rings. The molecule has 1 aromatic heterocycles. The summed E-state index contributed by atoms with van der Waals surface area (Å²) in [5.41, 5.74) is 0.468. The number of ether oxygens (including phenoxy) is 1. The number of rotatable bonds is 6. The molecule has 9 heteroatoms. The van der Waals surface area contributed by atoms with Crippen LogP contribution in [0.3, 0.4) is 0 Å². The number of carbonyl (C=O) groups is 2. The number of halogens is 4. The van der Waals surface area contributed by atoms with Crippen molar-refractivity contribution in [2.45, 2.75) is 38.4 Å². The van der Waals surface area contributed by atoms with Crippen molar-refractivity contribution in [3.63, 3.8) is 0 Å². The van der Waals surface area contributed by atoms with Crippen LogP contribution in [0.2, 0.25) is 5.02 Å². The minimum absolute atomic E-state index is 0.0166. The van der Waals surface area contributed by atoms with Gasteiger partial charge in [0.05, 0.1) is 29.7 Å². The Morgan fingerprint density at radius 1 is 1.09 bits per heavy atom. The summed E-state index contributed by atoms with van der Waals surface area (Å²) in [5, 5.41) is 3.76. The number of nitrogens with zero attached hydrogens (tertiary/aromatic N) is 1. The van der Waals surface area contributed by atoms with Crippen LogP contribution >= 0.6 is 11.6 Å². The minimum Gasteiger partial charge on any atom is -0.469 e. The highest BCUT2D eigenvalue weighted by atomic mass is 35.5. The zero-order valence-corrected chi connectivity index (χ0v) is 20.0. The van der Waals surface area contributed by atoms with Crippen LogP contribution in [-0.2, 0) is 22.3 Å². The number of methoxy groups -OCH3 is 1. The topological polar surface area (TPSA) is 60.3 Å². The Balaban J connectivity index is 1.57. The van der Waals surface area contributed by atoms with E-state index in [1.807, 2.05) is 12.1 Å². The molecule has 4 rings (SSSR count). The molecular weight excluding hydrogens is 481 g/mol. The monoisotopic (exact) mass is 506 g/mol. The van der Waals surface area contributed by atoms with Crippen LogP contribution in [0.4, 0.5) is 13.2 Å². The third-order valence-electron chi connectivity index (χ3n) is 6.63.